The van der Waals surface area contributed by atoms with Crippen LogP contribution in [0.1, 0.15) is 12.8 Å². The molecule has 0 radical (unpaired) electrons. The SMILES string of the molecule is NC(N)=NCCC[C@H](NCF)C(=O)O. The van der Waals surface area contributed by atoms with E-state index in [1.807, 2.05) is 0 Å². The summed E-state index contributed by atoms with van der Waals surface area (Å²) in [5.41, 5.74) is 10.1. The number of nitrogens with one attached hydrogen (secondary N) is 1. The Hall–Kier alpha value is -1.37. The Balaban J connectivity index is 3.72. The van der Waals surface area contributed by atoms with Gasteiger partial charge in [-0.15, -0.1) is 0 Å². The summed E-state index contributed by atoms with van der Waals surface area (Å²) >= 11 is 0. The monoisotopic (exact) mass is 206 g/mol. The molecule has 0 saturated carbocycles. The van der Waals surface area contributed by atoms with Crippen LogP contribution in [0.4, 0.5) is 4.39 Å². The van der Waals surface area contributed by atoms with Crippen LogP contribution in [0.15, 0.2) is 4.99 Å². The largest absolute Gasteiger partial charge is 0.480 e. The van der Waals surface area contributed by atoms with E-state index in [0.29, 0.717) is 13.0 Å². The predicted molar refractivity (Wildman–Crippen MR) is 50.4 cm³/mol. The lowest BCUT2D eigenvalue weighted by molar-refractivity contribution is -0.139. The summed E-state index contributed by atoms with van der Waals surface area (Å²) < 4.78 is 11.8. The predicted octanol–water partition coefficient (Wildman–Crippen LogP) is -0.990. The van der Waals surface area contributed by atoms with Crippen molar-refractivity contribution in [2.45, 2.75) is 18.9 Å². The molecule has 82 valence electrons. The van der Waals surface area contributed by atoms with Crippen molar-refractivity contribution in [2.75, 3.05) is 13.3 Å². The molecule has 0 saturated heterocycles. The first-order valence-corrected chi connectivity index (χ1v) is 4.15. The van der Waals surface area contributed by atoms with Crippen molar-refractivity contribution < 1.29 is 14.3 Å². The minimum atomic E-state index is -1.08. The molecule has 0 aromatic carbocycles. The number of aliphatic carboxylic acids is 1. The molecule has 0 heterocycles. The number of alkyl halides is 1. The van der Waals surface area contributed by atoms with Crippen LogP contribution in [0.3, 0.4) is 0 Å². The first-order chi connectivity index (χ1) is 6.57. The number of guanidine groups is 1. The van der Waals surface area contributed by atoms with E-state index < -0.39 is 18.8 Å². The summed E-state index contributed by atoms with van der Waals surface area (Å²) in [5.74, 6) is -1.11. The number of rotatable bonds is 7. The summed E-state index contributed by atoms with van der Waals surface area (Å²) in [4.78, 5) is 14.2. The molecule has 0 spiro atoms. The molecule has 0 aromatic rings. The van der Waals surface area contributed by atoms with Crippen LogP contribution >= 0.6 is 0 Å². The third-order valence-electron chi connectivity index (χ3n) is 1.57. The van der Waals surface area contributed by atoms with Crippen LogP contribution in [0.25, 0.3) is 0 Å². The van der Waals surface area contributed by atoms with Gasteiger partial charge in [-0.25, -0.2) is 4.39 Å². The van der Waals surface area contributed by atoms with E-state index in [9.17, 15) is 9.18 Å². The van der Waals surface area contributed by atoms with Crippen LogP contribution in [0.5, 0.6) is 0 Å². The van der Waals surface area contributed by atoms with Crippen molar-refractivity contribution in [3.8, 4) is 0 Å². The number of carboxylic acids is 1. The van der Waals surface area contributed by atoms with E-state index in [0.717, 1.165) is 0 Å². The zero-order valence-electron chi connectivity index (χ0n) is 7.74. The molecule has 6 N–H and O–H groups in total. The summed E-state index contributed by atoms with van der Waals surface area (Å²) in [6.07, 6.45) is 0.776. The minimum Gasteiger partial charge on any atom is -0.480 e. The number of halogens is 1. The van der Waals surface area contributed by atoms with E-state index in [2.05, 4.69) is 10.3 Å². The van der Waals surface area contributed by atoms with Gasteiger partial charge in [0.1, 0.15) is 12.8 Å². The van der Waals surface area contributed by atoms with E-state index in [1.165, 1.54) is 0 Å². The average Bonchev–Trinajstić information content (AvgIpc) is 2.09. The Bertz CT molecular complexity index is 206. The lowest BCUT2D eigenvalue weighted by atomic mass is 10.1. The average molecular weight is 206 g/mol. The topological polar surface area (TPSA) is 114 Å². The Morgan fingerprint density at radius 2 is 2.21 bits per heavy atom. The first-order valence-electron chi connectivity index (χ1n) is 4.15. The lowest BCUT2D eigenvalue weighted by Gasteiger charge is -2.10. The fraction of sp³-hybridized carbons (Fsp3) is 0.714. The van der Waals surface area contributed by atoms with Crippen molar-refractivity contribution in [3.05, 3.63) is 0 Å². The summed E-state index contributed by atoms with van der Waals surface area (Å²) in [7, 11) is 0. The standard InChI is InChI=1S/C7H15FN4O2/c8-4-12-5(6(13)14)2-1-3-11-7(9)10/h5,12H,1-4H2,(H,13,14)(H4,9,10,11)/t5-/m0/s1. The molecule has 0 aromatic heterocycles. The fourth-order valence-corrected chi connectivity index (χ4v) is 0.910. The van der Waals surface area contributed by atoms with Crippen molar-refractivity contribution >= 4 is 11.9 Å². The quantitative estimate of drug-likeness (QED) is 0.185. The molecular weight excluding hydrogens is 191 g/mol. The highest BCUT2D eigenvalue weighted by Crippen LogP contribution is 1.98. The van der Waals surface area contributed by atoms with Gasteiger partial charge in [0.05, 0.1) is 0 Å². The zero-order valence-corrected chi connectivity index (χ0v) is 7.74. The molecule has 0 aliphatic carbocycles. The molecule has 1 atom stereocenters. The van der Waals surface area contributed by atoms with Gasteiger partial charge in [-0.2, -0.15) is 0 Å². The number of hydrogen-bond donors (Lipinski definition) is 4. The summed E-state index contributed by atoms with van der Waals surface area (Å²) in [6.45, 7) is -0.515. The molecular formula is C7H15FN4O2. The molecule has 0 aliphatic heterocycles. The highest BCUT2D eigenvalue weighted by molar-refractivity contribution is 5.75. The highest BCUT2D eigenvalue weighted by atomic mass is 19.1. The maximum absolute atomic E-state index is 11.8. The number of hydrogen-bond acceptors (Lipinski definition) is 3. The van der Waals surface area contributed by atoms with Crippen LogP contribution in [0.2, 0.25) is 0 Å². The van der Waals surface area contributed by atoms with E-state index in [-0.39, 0.29) is 12.4 Å². The molecule has 0 bridgehead atoms. The van der Waals surface area contributed by atoms with Gasteiger partial charge in [-0.1, -0.05) is 0 Å². The number of carboxylic acid groups (broad SMARTS) is 1. The first kappa shape index (κ1) is 12.6. The van der Waals surface area contributed by atoms with Gasteiger partial charge in [0, 0.05) is 6.54 Å². The number of nitrogens with two attached hydrogens (primary N) is 2. The van der Waals surface area contributed by atoms with E-state index in [1.54, 1.807) is 0 Å². The number of aliphatic imine (C=N–C) groups is 1. The minimum absolute atomic E-state index is 0.0321. The van der Waals surface area contributed by atoms with Crippen molar-refractivity contribution in [1.29, 1.82) is 0 Å². The van der Waals surface area contributed by atoms with Gasteiger partial charge in [0.2, 0.25) is 0 Å². The van der Waals surface area contributed by atoms with Gasteiger partial charge in [0.25, 0.3) is 0 Å². The second-order valence-electron chi connectivity index (χ2n) is 2.68. The second kappa shape index (κ2) is 7.07. The maximum Gasteiger partial charge on any atom is 0.320 e. The maximum atomic E-state index is 11.8. The van der Waals surface area contributed by atoms with Crippen molar-refractivity contribution in [1.82, 2.24) is 5.32 Å². The Morgan fingerprint density at radius 1 is 1.57 bits per heavy atom. The Kier molecular flexibility index (Phi) is 6.38. The number of nitrogens with zero attached hydrogens (tertiary/aromatic N) is 1. The van der Waals surface area contributed by atoms with Crippen LogP contribution in [-0.2, 0) is 4.79 Å². The molecule has 0 rings (SSSR count). The van der Waals surface area contributed by atoms with E-state index >= 15 is 0 Å². The van der Waals surface area contributed by atoms with Gasteiger partial charge in [0.15, 0.2) is 5.96 Å². The molecule has 0 aliphatic rings. The molecule has 0 amide bonds. The fourth-order valence-electron chi connectivity index (χ4n) is 0.910. The third-order valence-corrected chi connectivity index (χ3v) is 1.57. The van der Waals surface area contributed by atoms with E-state index in [4.69, 9.17) is 16.6 Å². The zero-order chi connectivity index (χ0) is 11.0. The smallest absolute Gasteiger partial charge is 0.320 e. The Morgan fingerprint density at radius 3 is 2.64 bits per heavy atom. The van der Waals surface area contributed by atoms with Gasteiger partial charge in [-0.3, -0.25) is 15.1 Å². The third kappa shape index (κ3) is 6.18. The van der Waals surface area contributed by atoms with Crippen molar-refractivity contribution in [3.63, 3.8) is 0 Å². The van der Waals surface area contributed by atoms with Gasteiger partial charge in [-0.05, 0) is 12.8 Å². The van der Waals surface area contributed by atoms with Crippen LogP contribution in [0, 0.1) is 0 Å². The van der Waals surface area contributed by atoms with Gasteiger partial charge < -0.3 is 16.6 Å². The second-order valence-corrected chi connectivity index (χ2v) is 2.68. The summed E-state index contributed by atoms with van der Waals surface area (Å²) in [5, 5.41) is 10.8. The summed E-state index contributed by atoms with van der Waals surface area (Å²) in [6, 6.07) is -0.880. The molecule has 0 unspecified atom stereocenters. The van der Waals surface area contributed by atoms with Crippen LogP contribution in [-0.4, -0.2) is 36.4 Å². The molecule has 7 heteroatoms. The molecule has 0 fully saturated rings. The Labute approximate surface area is 81.2 Å². The normalized spacial score (nSPS) is 12.1. The van der Waals surface area contributed by atoms with Crippen LogP contribution < -0.4 is 16.8 Å². The van der Waals surface area contributed by atoms with Crippen molar-refractivity contribution in [2.24, 2.45) is 16.5 Å². The highest BCUT2D eigenvalue weighted by Gasteiger charge is 2.15. The number of carbonyl (C=O) groups is 1. The lowest BCUT2D eigenvalue weighted by Crippen LogP contribution is -2.36. The van der Waals surface area contributed by atoms with Gasteiger partial charge >= 0.3 is 5.97 Å². The molecule has 14 heavy (non-hydrogen) atoms. The molecule has 6 nitrogen and oxygen atoms in total.